The van der Waals surface area contributed by atoms with E-state index in [0.29, 0.717) is 11.3 Å². The van der Waals surface area contributed by atoms with Crippen LogP contribution in [0.1, 0.15) is 16.8 Å². The van der Waals surface area contributed by atoms with E-state index in [-0.39, 0.29) is 24.5 Å². The van der Waals surface area contributed by atoms with Gasteiger partial charge in [0.15, 0.2) is 5.82 Å². The third kappa shape index (κ3) is 3.11. The minimum Gasteiger partial charge on any atom is -0.395 e. The fourth-order valence-corrected chi connectivity index (χ4v) is 1.52. The van der Waals surface area contributed by atoms with E-state index in [1.807, 2.05) is 6.07 Å². The summed E-state index contributed by atoms with van der Waals surface area (Å²) in [6.07, 6.45) is -2.58. The Kier molecular flexibility index (Phi) is 4.92. The van der Waals surface area contributed by atoms with Gasteiger partial charge in [-0.15, -0.1) is 5.10 Å². The van der Waals surface area contributed by atoms with Crippen LogP contribution in [0.3, 0.4) is 0 Å². The van der Waals surface area contributed by atoms with Crippen LogP contribution in [0.25, 0.3) is 0 Å². The predicted octanol–water partition coefficient (Wildman–Crippen LogP) is 1.03. The molecular formula is C11H14F2N4O. The zero-order chi connectivity index (χ0) is 13.7. The maximum absolute atomic E-state index is 12.5. The molecule has 0 spiro atoms. The summed E-state index contributed by atoms with van der Waals surface area (Å²) in [5, 5.41) is 25.6. The second-order valence-corrected chi connectivity index (χ2v) is 3.78. The Morgan fingerprint density at radius 2 is 2.06 bits per heavy atom. The molecule has 0 aliphatic heterocycles. The summed E-state index contributed by atoms with van der Waals surface area (Å²) in [4.78, 5) is 1.17. The van der Waals surface area contributed by atoms with E-state index in [1.54, 1.807) is 13.8 Å². The molecule has 0 fully saturated rings. The highest BCUT2D eigenvalue weighted by Crippen LogP contribution is 2.21. The third-order valence-electron chi connectivity index (χ3n) is 2.58. The van der Waals surface area contributed by atoms with Crippen molar-refractivity contribution in [2.24, 2.45) is 0 Å². The number of nitriles is 1. The number of rotatable bonds is 5. The van der Waals surface area contributed by atoms with Crippen molar-refractivity contribution in [2.45, 2.75) is 20.3 Å². The van der Waals surface area contributed by atoms with Crippen LogP contribution >= 0.6 is 0 Å². The van der Waals surface area contributed by atoms with Gasteiger partial charge in [-0.05, 0) is 19.4 Å². The average molecular weight is 256 g/mol. The van der Waals surface area contributed by atoms with E-state index < -0.39 is 13.0 Å². The van der Waals surface area contributed by atoms with E-state index in [9.17, 15) is 8.78 Å². The number of alkyl halides is 2. The molecule has 0 amide bonds. The van der Waals surface area contributed by atoms with Gasteiger partial charge >= 0.3 is 0 Å². The minimum absolute atomic E-state index is 0.0177. The first kappa shape index (κ1) is 14.3. The van der Waals surface area contributed by atoms with Crippen molar-refractivity contribution in [1.29, 1.82) is 5.26 Å². The van der Waals surface area contributed by atoms with Gasteiger partial charge in [-0.2, -0.15) is 10.4 Å². The van der Waals surface area contributed by atoms with Gasteiger partial charge in [0, 0.05) is 6.54 Å². The molecule has 98 valence electrons. The monoisotopic (exact) mass is 256 g/mol. The summed E-state index contributed by atoms with van der Waals surface area (Å²) in [5.41, 5.74) is 1.41. The number of aliphatic hydroxyl groups excluding tert-OH is 1. The number of aliphatic hydroxyl groups is 1. The van der Waals surface area contributed by atoms with Crippen LogP contribution in [-0.2, 0) is 0 Å². The molecule has 0 aliphatic rings. The van der Waals surface area contributed by atoms with Crippen molar-refractivity contribution in [1.82, 2.24) is 10.2 Å². The van der Waals surface area contributed by atoms with Crippen molar-refractivity contribution < 1.29 is 13.9 Å². The van der Waals surface area contributed by atoms with Crippen molar-refractivity contribution in [3.05, 3.63) is 16.8 Å². The lowest BCUT2D eigenvalue weighted by molar-refractivity contribution is 0.152. The maximum Gasteiger partial charge on any atom is 0.255 e. The summed E-state index contributed by atoms with van der Waals surface area (Å²) < 4.78 is 24.9. The lowest BCUT2D eigenvalue weighted by atomic mass is 10.1. The Morgan fingerprint density at radius 3 is 2.56 bits per heavy atom. The fraction of sp³-hybridized carbons (Fsp3) is 0.545. The molecule has 1 aromatic rings. The van der Waals surface area contributed by atoms with Crippen molar-refractivity contribution in [3.8, 4) is 6.07 Å². The first-order valence-electron chi connectivity index (χ1n) is 5.39. The largest absolute Gasteiger partial charge is 0.395 e. The van der Waals surface area contributed by atoms with Crippen LogP contribution in [0, 0.1) is 25.2 Å². The molecule has 0 atom stereocenters. The number of aromatic nitrogens is 2. The summed E-state index contributed by atoms with van der Waals surface area (Å²) >= 11 is 0. The molecule has 1 heterocycles. The number of halogens is 2. The molecule has 1 rings (SSSR count). The highest BCUT2D eigenvalue weighted by molar-refractivity contribution is 5.57. The molecule has 7 heteroatoms. The second kappa shape index (κ2) is 6.21. The van der Waals surface area contributed by atoms with Gasteiger partial charge in [-0.25, -0.2) is 8.78 Å². The van der Waals surface area contributed by atoms with E-state index in [0.717, 1.165) is 0 Å². The molecular weight excluding hydrogens is 242 g/mol. The molecule has 5 nitrogen and oxygen atoms in total. The molecule has 0 aliphatic carbocycles. The SMILES string of the molecule is Cc1nnc(N(CCO)CC(F)F)c(C#N)c1C. The highest BCUT2D eigenvalue weighted by Gasteiger charge is 2.19. The lowest BCUT2D eigenvalue weighted by Gasteiger charge is -2.23. The first-order valence-corrected chi connectivity index (χ1v) is 5.39. The molecule has 1 aromatic heterocycles. The molecule has 0 unspecified atom stereocenters. The summed E-state index contributed by atoms with van der Waals surface area (Å²) in [6, 6.07) is 1.95. The van der Waals surface area contributed by atoms with Crippen LogP contribution in [-0.4, -0.2) is 41.4 Å². The third-order valence-corrected chi connectivity index (χ3v) is 2.58. The Labute approximate surface area is 104 Å². The molecule has 0 aromatic carbocycles. The predicted molar refractivity (Wildman–Crippen MR) is 61.5 cm³/mol. The fourth-order valence-electron chi connectivity index (χ4n) is 1.52. The van der Waals surface area contributed by atoms with E-state index in [4.69, 9.17) is 10.4 Å². The Balaban J connectivity index is 3.20. The van der Waals surface area contributed by atoms with Crippen LogP contribution < -0.4 is 4.90 Å². The van der Waals surface area contributed by atoms with Crippen molar-refractivity contribution in [2.75, 3.05) is 24.6 Å². The number of hydrogen-bond donors (Lipinski definition) is 1. The van der Waals surface area contributed by atoms with Gasteiger partial charge in [-0.3, -0.25) is 0 Å². The Morgan fingerprint density at radius 1 is 1.39 bits per heavy atom. The second-order valence-electron chi connectivity index (χ2n) is 3.78. The van der Waals surface area contributed by atoms with Gasteiger partial charge in [0.2, 0.25) is 0 Å². The number of hydrogen-bond acceptors (Lipinski definition) is 5. The van der Waals surface area contributed by atoms with Gasteiger partial charge in [-0.1, -0.05) is 0 Å². The summed E-state index contributed by atoms with van der Waals surface area (Å²) in [7, 11) is 0. The van der Waals surface area contributed by atoms with E-state index >= 15 is 0 Å². The number of aryl methyl sites for hydroxylation is 1. The normalized spacial score (nSPS) is 10.5. The minimum atomic E-state index is -2.58. The Hall–Kier alpha value is -1.81. The van der Waals surface area contributed by atoms with Gasteiger partial charge in [0.25, 0.3) is 6.43 Å². The Bertz CT molecular complexity index is 459. The number of nitrogens with zero attached hydrogens (tertiary/aromatic N) is 4. The van der Waals surface area contributed by atoms with Crippen LogP contribution in [0.15, 0.2) is 0 Å². The van der Waals surface area contributed by atoms with Crippen LogP contribution in [0.4, 0.5) is 14.6 Å². The zero-order valence-corrected chi connectivity index (χ0v) is 10.2. The zero-order valence-electron chi connectivity index (χ0n) is 10.2. The van der Waals surface area contributed by atoms with Gasteiger partial charge < -0.3 is 10.0 Å². The van der Waals surface area contributed by atoms with E-state index in [1.165, 1.54) is 4.90 Å². The molecule has 0 saturated carbocycles. The molecule has 1 N–H and O–H groups in total. The number of anilines is 1. The summed E-state index contributed by atoms with van der Waals surface area (Å²) in [5.74, 6) is 0.0925. The van der Waals surface area contributed by atoms with Gasteiger partial charge in [0.05, 0.1) is 18.8 Å². The van der Waals surface area contributed by atoms with Crippen molar-refractivity contribution >= 4 is 5.82 Å². The smallest absolute Gasteiger partial charge is 0.255 e. The average Bonchev–Trinajstić information content (AvgIpc) is 2.31. The van der Waals surface area contributed by atoms with Crippen molar-refractivity contribution in [3.63, 3.8) is 0 Å². The standard InChI is InChI=1S/C11H14F2N4O/c1-7-8(2)15-16-11(9(7)5-14)17(3-4-18)6-10(12)13/h10,18H,3-4,6H2,1-2H3. The molecule has 18 heavy (non-hydrogen) atoms. The highest BCUT2D eigenvalue weighted by atomic mass is 19.3. The van der Waals surface area contributed by atoms with Gasteiger partial charge in [0.1, 0.15) is 11.6 Å². The van der Waals surface area contributed by atoms with Crippen LogP contribution in [0.5, 0.6) is 0 Å². The molecule has 0 saturated heterocycles. The van der Waals surface area contributed by atoms with E-state index in [2.05, 4.69) is 10.2 Å². The topological polar surface area (TPSA) is 73.0 Å². The molecule has 0 radical (unpaired) electrons. The first-order chi connectivity index (χ1) is 8.51. The lowest BCUT2D eigenvalue weighted by Crippen LogP contribution is -2.33. The summed E-state index contributed by atoms with van der Waals surface area (Å²) in [6.45, 7) is 2.47. The van der Waals surface area contributed by atoms with Crippen LogP contribution in [0.2, 0.25) is 0 Å². The quantitative estimate of drug-likeness (QED) is 0.851. The molecule has 0 bridgehead atoms. The maximum atomic E-state index is 12.5.